The Hall–Kier alpha value is -1.69. The van der Waals surface area contributed by atoms with E-state index in [0.717, 1.165) is 24.7 Å². The molecular weight excluding hydrogens is 1590 g/mol. The third-order valence-corrected chi connectivity index (χ3v) is 19.8. The van der Waals surface area contributed by atoms with Crippen LogP contribution in [0.4, 0.5) is 36.2 Å². The quantitative estimate of drug-likeness (QED) is 0.00634. The van der Waals surface area contributed by atoms with Crippen LogP contribution in [0.5, 0.6) is 0 Å². The number of thioether (sulfide) groups is 4. The SMILES string of the molecule is C=C.C=C.C=C.C=C.C=C.C=C.C=C.C=C.CC(C)CC(=O)OCC1C2CCC#CCCC21.FOCCOCCSCC(COCC(COCOCC(COCC(CSOOF)SOOF)OCC(CSOOF)SOOF)OCC(CSCCOCCOF)SCCOCCOF)SCCOCCOF. The van der Waals surface area contributed by atoms with Crippen LogP contribution in [-0.2, 0) is 114 Å². The predicted molar refractivity (Wildman–Crippen MR) is 414 cm³/mol. The number of carbonyl (C=O) groups is 1. The fourth-order valence-corrected chi connectivity index (χ4v) is 13.9. The number of ether oxygens (including phenoxy) is 11. The summed E-state index contributed by atoms with van der Waals surface area (Å²) >= 11 is 8.39. The second-order valence-corrected chi connectivity index (χ2v) is 27.4. The van der Waals surface area contributed by atoms with Gasteiger partial charge in [0, 0.05) is 124 Å². The van der Waals surface area contributed by atoms with Crippen LogP contribution in [0.1, 0.15) is 46.0 Å². The molecule has 2 aliphatic carbocycles. The lowest BCUT2D eigenvalue weighted by Crippen LogP contribution is -2.33. The van der Waals surface area contributed by atoms with E-state index in [1.807, 2.05) is 13.8 Å². The molecule has 0 spiro atoms. The number of rotatable bonds is 68. The molecule has 40 heteroatoms. The third-order valence-electron chi connectivity index (χ3n) is 11.7. The lowest BCUT2D eigenvalue weighted by atomic mass is 10.1. The molecule has 8 unspecified atom stereocenters. The maximum absolute atomic E-state index is 12.3. The van der Waals surface area contributed by atoms with E-state index in [-0.39, 0.29) is 140 Å². The Bertz CT molecular complexity index is 1730. The normalized spacial score (nSPS) is 15.2. The maximum Gasteiger partial charge on any atom is 0.306 e. The van der Waals surface area contributed by atoms with E-state index in [0.29, 0.717) is 134 Å². The van der Waals surface area contributed by atoms with Crippen molar-refractivity contribution >= 4 is 101 Å². The standard InChI is InChI=1S/C35H64F8O22S8.C15H22O2.8C2H4/c36-54-5-1-44-9-13-66-25-32(68-15-11-46-3-7-56-38)21-48-17-30(52-23-33(69-16-12-47-4-8-57-39)26-67-14-10-45-2-6-55-37)19-50-29-51-20-31(53-24-35(73-65-61-43)28-71-63-59-41)18-49-22-34(72-64-60-42)27-70-62-58-40;1-11(2)9-15(16)17-10-14-12-7-5-3-4-6-8-13(12)14;8*1-2/h30-35H,1-29H2;11-14H,5-10H2,1-2H3;8*1-2H2. The highest BCUT2D eigenvalue weighted by Gasteiger charge is 2.49. The fourth-order valence-electron chi connectivity index (χ4n) is 7.58. The molecule has 0 aromatic heterocycles. The molecule has 0 N–H and O–H groups in total. The predicted octanol–water partition coefficient (Wildman–Crippen LogP) is 17.2. The van der Waals surface area contributed by atoms with Crippen LogP contribution in [0.15, 0.2) is 105 Å². The molecule has 2 aliphatic rings. The van der Waals surface area contributed by atoms with Crippen LogP contribution < -0.4 is 0 Å². The highest BCUT2D eigenvalue weighted by atomic mass is 32.2. The van der Waals surface area contributed by atoms with Gasteiger partial charge in [0.05, 0.1) is 123 Å². The Morgan fingerprint density at radius 3 is 1.10 bits per heavy atom. The summed E-state index contributed by atoms with van der Waals surface area (Å²) in [6.07, 6.45) is 3.49. The van der Waals surface area contributed by atoms with Gasteiger partial charge < -0.3 is 52.1 Å². The lowest BCUT2D eigenvalue weighted by molar-refractivity contribution is -0.359. The Kier molecular flexibility index (Phi) is 124. The van der Waals surface area contributed by atoms with Crippen molar-refractivity contribution in [2.45, 2.75) is 79.2 Å². The average Bonchev–Trinajstić information content (AvgIpc) is 1.63. The molecule has 630 valence electrons. The smallest absolute Gasteiger partial charge is 0.306 e. The monoisotopic (exact) mass is 1700 g/mol. The van der Waals surface area contributed by atoms with Crippen LogP contribution in [0.2, 0.25) is 0 Å². The van der Waals surface area contributed by atoms with Crippen molar-refractivity contribution in [1.29, 1.82) is 0 Å². The molecule has 0 aromatic carbocycles. The summed E-state index contributed by atoms with van der Waals surface area (Å²) in [5.74, 6) is 12.5. The third kappa shape index (κ3) is 89.5. The highest BCUT2D eigenvalue weighted by molar-refractivity contribution is 8.03. The van der Waals surface area contributed by atoms with Gasteiger partial charge in [-0.15, -0.1) is 134 Å². The fraction of sp³-hybridized carbons (Fsp3) is 0.712. The number of hydrogen-bond acceptors (Lipinski definition) is 32. The number of hydrogen-bond donors (Lipinski definition) is 0. The zero-order valence-electron chi connectivity index (χ0n) is 61.4. The molecular formula is C66H118F8O24S8. The van der Waals surface area contributed by atoms with Gasteiger partial charge in [0.15, 0.2) is 0 Å². The van der Waals surface area contributed by atoms with Crippen molar-refractivity contribution < 1.29 is 151 Å². The summed E-state index contributed by atoms with van der Waals surface area (Å²) in [6, 6.07) is 0. The Morgan fingerprint density at radius 1 is 0.396 bits per heavy atom. The van der Waals surface area contributed by atoms with E-state index in [2.05, 4.69) is 175 Å². The Labute approximate surface area is 659 Å². The molecule has 0 aromatic rings. The molecule has 1 fully saturated rings. The molecule has 8 atom stereocenters. The Balaban J connectivity index is -0.000000402. The van der Waals surface area contributed by atoms with E-state index in [9.17, 15) is 41.0 Å². The van der Waals surface area contributed by atoms with Crippen molar-refractivity contribution in [1.82, 2.24) is 0 Å². The van der Waals surface area contributed by atoms with Crippen molar-refractivity contribution in [2.75, 3.05) is 192 Å². The van der Waals surface area contributed by atoms with Gasteiger partial charge in [0.1, 0.15) is 45.4 Å². The molecule has 0 saturated heterocycles. The molecule has 24 nitrogen and oxygen atoms in total. The van der Waals surface area contributed by atoms with Gasteiger partial charge in [-0.25, -0.2) is 0 Å². The van der Waals surface area contributed by atoms with E-state index >= 15 is 0 Å². The van der Waals surface area contributed by atoms with Crippen LogP contribution in [0, 0.1) is 35.5 Å². The average molecular weight is 1700 g/mol. The van der Waals surface area contributed by atoms with Crippen molar-refractivity contribution in [3.05, 3.63) is 105 Å². The first-order valence-corrected chi connectivity index (χ1v) is 40.2. The van der Waals surface area contributed by atoms with E-state index in [1.54, 1.807) is 47.0 Å². The number of halogens is 8. The van der Waals surface area contributed by atoms with Gasteiger partial charge in [-0.2, -0.15) is 66.8 Å². The minimum atomic E-state index is -0.865. The first kappa shape index (κ1) is 120. The van der Waals surface area contributed by atoms with Crippen LogP contribution in [0.3, 0.4) is 0 Å². The minimum absolute atomic E-state index is 0.0203. The number of fused-ring (bicyclic) bond motifs is 1. The zero-order valence-corrected chi connectivity index (χ0v) is 68.0. The van der Waals surface area contributed by atoms with E-state index < -0.39 is 22.7 Å². The molecule has 0 heterocycles. The van der Waals surface area contributed by atoms with Gasteiger partial charge >= 0.3 is 5.97 Å². The summed E-state index contributed by atoms with van der Waals surface area (Å²) in [4.78, 5) is 25.7. The summed E-state index contributed by atoms with van der Waals surface area (Å²) < 4.78 is 176. The van der Waals surface area contributed by atoms with Gasteiger partial charge in [0.2, 0.25) is 0 Å². The number of carbonyl (C=O) groups excluding carboxylic acids is 1. The molecule has 0 bridgehead atoms. The van der Waals surface area contributed by atoms with Gasteiger partial charge in [-0.3, -0.25) is 4.79 Å². The van der Waals surface area contributed by atoms with Crippen LogP contribution in [0.25, 0.3) is 0 Å². The molecule has 2 rings (SSSR count). The summed E-state index contributed by atoms with van der Waals surface area (Å²) in [7, 11) is 0. The maximum atomic E-state index is 12.3. The Morgan fingerprint density at radius 2 is 0.736 bits per heavy atom. The lowest BCUT2D eigenvalue weighted by Gasteiger charge is -2.24. The van der Waals surface area contributed by atoms with Crippen molar-refractivity contribution in [3.63, 3.8) is 0 Å². The van der Waals surface area contributed by atoms with Gasteiger partial charge in [0.25, 0.3) is 0 Å². The molecule has 1 saturated carbocycles. The summed E-state index contributed by atoms with van der Waals surface area (Å²) in [5, 5.41) is 10.9. The van der Waals surface area contributed by atoms with Gasteiger partial charge in [-0.05, 0) is 93.1 Å². The second-order valence-electron chi connectivity index (χ2n) is 18.9. The zero-order chi connectivity index (χ0) is 81.4. The van der Waals surface area contributed by atoms with E-state index in [1.165, 1.54) is 12.8 Å². The first-order chi connectivity index (χ1) is 52.2. The summed E-state index contributed by atoms with van der Waals surface area (Å²) in [6.45, 7) is 53.4. The second kappa shape index (κ2) is 110. The van der Waals surface area contributed by atoms with E-state index in [4.69, 9.17) is 52.1 Å². The molecule has 0 amide bonds. The minimum Gasteiger partial charge on any atom is -0.465 e. The molecule has 106 heavy (non-hydrogen) atoms. The summed E-state index contributed by atoms with van der Waals surface area (Å²) in [5.41, 5.74) is 0. The van der Waals surface area contributed by atoms with Crippen molar-refractivity contribution in [3.8, 4) is 11.8 Å². The molecule has 0 radical (unpaired) electrons. The topological polar surface area (TPSA) is 229 Å². The van der Waals surface area contributed by atoms with Crippen molar-refractivity contribution in [2.24, 2.45) is 23.7 Å². The largest absolute Gasteiger partial charge is 0.465 e. The van der Waals surface area contributed by atoms with Gasteiger partial charge in [-0.1, -0.05) is 13.8 Å². The van der Waals surface area contributed by atoms with Crippen LogP contribution >= 0.6 is 95.2 Å². The highest BCUT2D eigenvalue weighted by Crippen LogP contribution is 2.52. The number of esters is 1. The molecule has 0 aliphatic heterocycles. The first-order valence-electron chi connectivity index (χ1n) is 32.3. The van der Waals surface area contributed by atoms with Crippen LogP contribution in [-0.4, -0.2) is 231 Å².